The van der Waals surface area contributed by atoms with Gasteiger partial charge >= 0.3 is 0 Å². The van der Waals surface area contributed by atoms with Crippen molar-refractivity contribution in [1.29, 1.82) is 0 Å². The van der Waals surface area contributed by atoms with Gasteiger partial charge in [-0.25, -0.2) is 5.43 Å². The van der Waals surface area contributed by atoms with Crippen LogP contribution in [0.2, 0.25) is 0 Å². The molecule has 0 saturated carbocycles. The Hall–Kier alpha value is -2.34. The number of methoxy groups -OCH3 is 1. The van der Waals surface area contributed by atoms with Crippen LogP contribution in [0.15, 0.2) is 29.4 Å². The molecule has 1 aliphatic rings. The number of thiophene rings is 1. The smallest absolute Gasteiger partial charge is 0.281 e. The number of benzene rings is 1. The molecule has 2 N–H and O–H groups in total. The highest BCUT2D eigenvalue weighted by molar-refractivity contribution is 7.14. The maximum atomic E-state index is 12.2. The summed E-state index contributed by atoms with van der Waals surface area (Å²) < 4.78 is 5.14. The van der Waals surface area contributed by atoms with Gasteiger partial charge in [-0.1, -0.05) is 0 Å². The van der Waals surface area contributed by atoms with Crippen LogP contribution in [-0.2, 0) is 12.8 Å². The summed E-state index contributed by atoms with van der Waals surface area (Å²) in [7, 11) is 1.56. The molecule has 23 heavy (non-hydrogen) atoms. The number of nitrogens with one attached hydrogen (secondary N) is 1. The van der Waals surface area contributed by atoms with Crippen molar-refractivity contribution >= 4 is 23.0 Å². The van der Waals surface area contributed by atoms with E-state index in [1.54, 1.807) is 32.2 Å². The third-order valence-corrected chi connectivity index (χ3v) is 5.12. The van der Waals surface area contributed by atoms with Crippen LogP contribution >= 0.6 is 11.3 Å². The first-order valence-corrected chi connectivity index (χ1v) is 8.23. The Morgan fingerprint density at radius 1 is 1.35 bits per heavy atom. The van der Waals surface area contributed by atoms with Crippen molar-refractivity contribution in [2.75, 3.05) is 7.11 Å². The van der Waals surface area contributed by atoms with E-state index in [0.717, 1.165) is 12.8 Å². The Balaban J connectivity index is 1.74. The summed E-state index contributed by atoms with van der Waals surface area (Å²) in [5, 5.41) is 14.0. The van der Waals surface area contributed by atoms with Gasteiger partial charge < -0.3 is 9.84 Å². The molecule has 0 spiro atoms. The second-order valence-electron chi connectivity index (χ2n) is 5.43. The number of ether oxygens (including phenoxy) is 1. The molecule has 1 aromatic heterocycles. The van der Waals surface area contributed by atoms with E-state index in [2.05, 4.69) is 10.5 Å². The number of aromatic hydroxyl groups is 1. The summed E-state index contributed by atoms with van der Waals surface area (Å²) in [6, 6.07) is 6.84. The fraction of sp³-hybridized carbons (Fsp3) is 0.294. The van der Waals surface area contributed by atoms with Gasteiger partial charge in [0.1, 0.15) is 11.5 Å². The third kappa shape index (κ3) is 3.22. The number of hydrogen-bond donors (Lipinski definition) is 2. The number of phenols is 1. The van der Waals surface area contributed by atoms with Crippen molar-refractivity contribution < 1.29 is 14.6 Å². The molecule has 1 amide bonds. The number of amides is 1. The van der Waals surface area contributed by atoms with E-state index in [-0.39, 0.29) is 11.7 Å². The molecule has 0 fully saturated rings. The first kappa shape index (κ1) is 15.6. The van der Waals surface area contributed by atoms with Crippen LogP contribution in [0.1, 0.15) is 39.0 Å². The number of phenolic OH excluding ortho intramolecular Hbond substituents is 1. The average Bonchev–Trinajstić information content (AvgIpc) is 3.14. The Kier molecular flexibility index (Phi) is 4.34. The normalized spacial score (nSPS) is 13.7. The Labute approximate surface area is 138 Å². The molecule has 1 heterocycles. The molecule has 0 saturated heterocycles. The number of hydrazone groups is 1. The summed E-state index contributed by atoms with van der Waals surface area (Å²) >= 11 is 1.54. The van der Waals surface area contributed by atoms with Crippen LogP contribution in [0.3, 0.4) is 0 Å². The highest BCUT2D eigenvalue weighted by atomic mass is 32.1. The van der Waals surface area contributed by atoms with E-state index in [1.165, 1.54) is 28.2 Å². The average molecular weight is 330 g/mol. The molecular weight excluding hydrogens is 312 g/mol. The fourth-order valence-electron chi connectivity index (χ4n) is 2.62. The maximum Gasteiger partial charge on any atom is 0.281 e. The minimum atomic E-state index is -0.217. The summed E-state index contributed by atoms with van der Waals surface area (Å²) in [5.74, 6) is 0.496. The second-order valence-corrected chi connectivity index (χ2v) is 6.57. The van der Waals surface area contributed by atoms with Crippen LogP contribution < -0.4 is 10.2 Å². The number of nitrogens with zero attached hydrogens (tertiary/aromatic N) is 1. The zero-order valence-corrected chi connectivity index (χ0v) is 13.9. The third-order valence-electron chi connectivity index (χ3n) is 3.89. The van der Waals surface area contributed by atoms with Crippen molar-refractivity contribution in [3.05, 3.63) is 45.1 Å². The van der Waals surface area contributed by atoms with Gasteiger partial charge in [0.05, 0.1) is 17.7 Å². The van der Waals surface area contributed by atoms with E-state index >= 15 is 0 Å². The van der Waals surface area contributed by atoms with E-state index in [1.807, 2.05) is 6.07 Å². The maximum absolute atomic E-state index is 12.2. The fourth-order valence-corrected chi connectivity index (χ4v) is 3.77. The predicted octanol–water partition coefficient (Wildman–Crippen LogP) is 3.11. The number of fused-ring (bicyclic) bond motifs is 1. The van der Waals surface area contributed by atoms with Gasteiger partial charge in [-0.05, 0) is 56.0 Å². The molecule has 0 unspecified atom stereocenters. The van der Waals surface area contributed by atoms with Crippen LogP contribution in [0.5, 0.6) is 11.5 Å². The van der Waals surface area contributed by atoms with Gasteiger partial charge in [-0.2, -0.15) is 5.10 Å². The van der Waals surface area contributed by atoms with Crippen LogP contribution in [0.25, 0.3) is 0 Å². The molecule has 0 radical (unpaired) electrons. The number of aryl methyl sites for hydroxylation is 2. The van der Waals surface area contributed by atoms with E-state index < -0.39 is 0 Å². The Morgan fingerprint density at radius 3 is 2.91 bits per heavy atom. The lowest BCUT2D eigenvalue weighted by Gasteiger charge is -2.07. The van der Waals surface area contributed by atoms with Crippen LogP contribution in [0.4, 0.5) is 0 Å². The highest BCUT2D eigenvalue weighted by Crippen LogP contribution is 2.30. The second kappa shape index (κ2) is 6.42. The zero-order valence-electron chi connectivity index (χ0n) is 13.0. The highest BCUT2D eigenvalue weighted by Gasteiger charge is 2.18. The largest absolute Gasteiger partial charge is 0.507 e. The molecule has 3 rings (SSSR count). The van der Waals surface area contributed by atoms with Crippen molar-refractivity contribution in [3.63, 3.8) is 0 Å². The molecule has 0 atom stereocenters. The van der Waals surface area contributed by atoms with Crippen molar-refractivity contribution in [3.8, 4) is 11.5 Å². The van der Waals surface area contributed by atoms with E-state index in [0.29, 0.717) is 21.9 Å². The number of carbonyl (C=O) groups is 1. The van der Waals surface area contributed by atoms with Crippen molar-refractivity contribution in [1.82, 2.24) is 5.43 Å². The molecule has 1 aliphatic carbocycles. The van der Waals surface area contributed by atoms with Crippen LogP contribution in [0, 0.1) is 0 Å². The molecule has 0 bridgehead atoms. The molecule has 6 heteroatoms. The summed E-state index contributed by atoms with van der Waals surface area (Å²) in [4.78, 5) is 14.2. The lowest BCUT2D eigenvalue weighted by atomic mass is 10.1. The van der Waals surface area contributed by atoms with Crippen LogP contribution in [-0.4, -0.2) is 23.8 Å². The molecule has 0 aliphatic heterocycles. The minimum Gasteiger partial charge on any atom is -0.507 e. The molecule has 5 nitrogen and oxygen atoms in total. The SMILES string of the molecule is COc1ccc(O)c(/C(C)=N/NC(=O)c2cc3c(s2)CCC3)c1. The summed E-state index contributed by atoms with van der Waals surface area (Å²) in [5.41, 5.74) is 4.88. The lowest BCUT2D eigenvalue weighted by molar-refractivity contribution is 0.0959. The number of carbonyl (C=O) groups excluding carboxylic acids is 1. The van der Waals surface area contributed by atoms with Crippen molar-refractivity contribution in [2.24, 2.45) is 5.10 Å². The van der Waals surface area contributed by atoms with Gasteiger partial charge in [0.2, 0.25) is 0 Å². The van der Waals surface area contributed by atoms with Gasteiger partial charge in [-0.15, -0.1) is 11.3 Å². The van der Waals surface area contributed by atoms with E-state index in [9.17, 15) is 9.90 Å². The summed E-state index contributed by atoms with van der Waals surface area (Å²) in [6.07, 6.45) is 3.29. The summed E-state index contributed by atoms with van der Waals surface area (Å²) in [6.45, 7) is 1.73. The minimum absolute atomic E-state index is 0.0939. The van der Waals surface area contributed by atoms with Gasteiger partial charge in [0.25, 0.3) is 5.91 Å². The number of hydrogen-bond acceptors (Lipinski definition) is 5. The monoisotopic (exact) mass is 330 g/mol. The van der Waals surface area contributed by atoms with Gasteiger partial charge in [0, 0.05) is 10.4 Å². The molecule has 2 aromatic rings. The quantitative estimate of drug-likeness (QED) is 0.668. The lowest BCUT2D eigenvalue weighted by Crippen LogP contribution is -2.18. The van der Waals surface area contributed by atoms with Gasteiger partial charge in [-0.3, -0.25) is 4.79 Å². The first-order chi connectivity index (χ1) is 11.1. The van der Waals surface area contributed by atoms with Gasteiger partial charge in [0.15, 0.2) is 0 Å². The Morgan fingerprint density at radius 2 is 2.17 bits per heavy atom. The van der Waals surface area contributed by atoms with E-state index in [4.69, 9.17) is 4.74 Å². The topological polar surface area (TPSA) is 70.9 Å². The Bertz CT molecular complexity index is 759. The number of rotatable bonds is 4. The predicted molar refractivity (Wildman–Crippen MR) is 90.7 cm³/mol. The van der Waals surface area contributed by atoms with Crippen molar-refractivity contribution in [2.45, 2.75) is 26.2 Å². The standard InChI is InChI=1S/C17H18N2O3S/c1-10(13-9-12(22-2)6-7-14(13)20)18-19-17(21)16-8-11-4-3-5-15(11)23-16/h6-9,20H,3-5H2,1-2H3,(H,19,21)/b18-10+. The molecule has 120 valence electrons. The molecular formula is C17H18N2O3S. The molecule has 1 aromatic carbocycles. The zero-order chi connectivity index (χ0) is 16.4. The first-order valence-electron chi connectivity index (χ1n) is 7.42.